The summed E-state index contributed by atoms with van der Waals surface area (Å²) in [5.41, 5.74) is -0.927. The molecular formula is C64H60O12. The van der Waals surface area contributed by atoms with Gasteiger partial charge in [0.25, 0.3) is 0 Å². The van der Waals surface area contributed by atoms with Crippen molar-refractivity contribution in [3.8, 4) is 46.0 Å². The van der Waals surface area contributed by atoms with Crippen molar-refractivity contribution in [2.45, 2.75) is 105 Å². The second-order valence-corrected chi connectivity index (χ2v) is 23.4. The lowest BCUT2D eigenvalue weighted by atomic mass is 9.80. The lowest BCUT2D eigenvalue weighted by Crippen LogP contribution is -2.18. The molecule has 0 unspecified atom stereocenters. The van der Waals surface area contributed by atoms with Crippen LogP contribution in [0.5, 0.6) is 46.0 Å². The molecule has 0 aliphatic rings. The molecule has 12 nitrogen and oxygen atoms in total. The zero-order valence-corrected chi connectivity index (χ0v) is 44.6. The first-order chi connectivity index (χ1) is 35.5. The molecule has 0 fully saturated rings. The van der Waals surface area contributed by atoms with Gasteiger partial charge in [0, 0.05) is 32.3 Å². The fourth-order valence-corrected chi connectivity index (χ4v) is 9.86. The number of hydrogen-bond donors (Lipinski definition) is 4. The van der Waals surface area contributed by atoms with Crippen LogP contribution in [0.25, 0.3) is 43.1 Å². The minimum atomic E-state index is -1.91. The molecule has 0 atom stereocenters. The largest absolute Gasteiger partial charge is 0.478 e. The Kier molecular flexibility index (Phi) is 12.8. The van der Waals surface area contributed by atoms with E-state index in [0.717, 1.165) is 22.3 Å². The van der Waals surface area contributed by atoms with E-state index in [0.29, 0.717) is 22.3 Å². The van der Waals surface area contributed by atoms with E-state index >= 15 is 0 Å². The number of aromatic carboxylic acids is 4. The molecular weight excluding hydrogens is 961 g/mol. The van der Waals surface area contributed by atoms with Crippen LogP contribution < -0.4 is 18.9 Å². The molecule has 0 aliphatic heterocycles. The van der Waals surface area contributed by atoms with Gasteiger partial charge in [-0.2, -0.15) is 0 Å². The molecule has 0 aromatic heterocycles. The first kappa shape index (κ1) is 52.2. The third-order valence-corrected chi connectivity index (χ3v) is 13.9. The Balaban J connectivity index is 1.56. The second-order valence-electron chi connectivity index (χ2n) is 23.4. The average Bonchev–Trinajstić information content (AvgIpc) is 3.41. The van der Waals surface area contributed by atoms with Gasteiger partial charge in [0.2, 0.25) is 0 Å². The predicted molar refractivity (Wildman–Crippen MR) is 296 cm³/mol. The van der Waals surface area contributed by atoms with Crippen LogP contribution in [0.3, 0.4) is 0 Å². The predicted octanol–water partition coefficient (Wildman–Crippen LogP) is 16.9. The minimum absolute atomic E-state index is 0.0447. The molecule has 4 N–H and O–H groups in total. The van der Waals surface area contributed by atoms with E-state index in [9.17, 15) is 39.6 Å². The summed E-state index contributed by atoms with van der Waals surface area (Å²) >= 11 is 0. The van der Waals surface area contributed by atoms with Gasteiger partial charge in [-0.15, -0.1) is 0 Å². The Hall–Kier alpha value is -8.64. The van der Waals surface area contributed by atoms with Crippen molar-refractivity contribution in [1.82, 2.24) is 0 Å². The number of carboxylic acids is 4. The summed E-state index contributed by atoms with van der Waals surface area (Å²) in [5, 5.41) is 45.1. The zero-order valence-electron chi connectivity index (χ0n) is 44.6. The van der Waals surface area contributed by atoms with Crippen molar-refractivity contribution in [2.75, 3.05) is 0 Å². The summed E-state index contributed by atoms with van der Waals surface area (Å²) < 4.78 is 27.7. The molecule has 9 aromatic rings. The van der Waals surface area contributed by atoms with Crippen molar-refractivity contribution in [2.24, 2.45) is 0 Å². The first-order valence-corrected chi connectivity index (χ1v) is 25.0. The van der Waals surface area contributed by atoms with Crippen LogP contribution in [-0.4, -0.2) is 44.3 Å². The van der Waals surface area contributed by atoms with Gasteiger partial charge in [0.15, 0.2) is 23.0 Å². The minimum Gasteiger partial charge on any atom is -0.478 e. The third kappa shape index (κ3) is 9.44. The molecule has 12 heteroatoms. The molecule has 388 valence electrons. The van der Waals surface area contributed by atoms with Crippen molar-refractivity contribution in [3.05, 3.63) is 166 Å². The van der Waals surface area contributed by atoms with Gasteiger partial charge in [-0.05, 0) is 109 Å². The van der Waals surface area contributed by atoms with Crippen LogP contribution in [0.4, 0.5) is 0 Å². The highest BCUT2D eigenvalue weighted by atomic mass is 16.5. The van der Waals surface area contributed by atoms with Crippen LogP contribution >= 0.6 is 0 Å². The average molecular weight is 1020 g/mol. The lowest BCUT2D eigenvalue weighted by molar-refractivity contribution is 0.0635. The van der Waals surface area contributed by atoms with Gasteiger partial charge >= 0.3 is 23.9 Å². The summed E-state index contributed by atoms with van der Waals surface area (Å²) in [6.07, 6.45) is 0. The molecule has 0 spiro atoms. The van der Waals surface area contributed by atoms with Gasteiger partial charge in [-0.1, -0.05) is 150 Å². The lowest BCUT2D eigenvalue weighted by Gasteiger charge is -2.27. The molecule has 0 heterocycles. The normalized spacial score (nSPS) is 12.4. The van der Waals surface area contributed by atoms with E-state index in [1.807, 2.05) is 102 Å². The maximum absolute atomic E-state index is 14.3. The monoisotopic (exact) mass is 1020 g/mol. The highest BCUT2D eigenvalue weighted by Crippen LogP contribution is 2.58. The van der Waals surface area contributed by atoms with Crippen LogP contribution in [-0.2, 0) is 21.7 Å². The standard InChI is InChI=1S/C64H60O12/c1-61(2,3)34-16-24-38(25-17-34)73-43-32-33-14-13-15-42-44(33)48(54(43)74-39-26-18-35(19-27-39)62(4,5)6)49-46-45(42)50(57(65)66)52(59(69)70)51(58(67)68)47(46)53(60(71)72)56(76-41-30-22-37(23-31-41)64(10,11)12)55(49)75-40-28-20-36(21-29-40)63(7,8)9/h13-32H,1-12H3,(H,65,66)(H,67,68)(H,69,70)(H,71,72). The fourth-order valence-electron chi connectivity index (χ4n) is 9.86. The first-order valence-electron chi connectivity index (χ1n) is 25.0. The van der Waals surface area contributed by atoms with E-state index in [1.165, 1.54) is 0 Å². The number of carboxylic acid groups (broad SMARTS) is 4. The van der Waals surface area contributed by atoms with E-state index < -0.39 is 57.3 Å². The molecule has 0 bridgehead atoms. The highest BCUT2D eigenvalue weighted by Gasteiger charge is 2.39. The van der Waals surface area contributed by atoms with Crippen LogP contribution in [0.15, 0.2) is 121 Å². The third-order valence-electron chi connectivity index (χ3n) is 13.9. The van der Waals surface area contributed by atoms with Crippen LogP contribution in [0.2, 0.25) is 0 Å². The van der Waals surface area contributed by atoms with Crippen molar-refractivity contribution in [3.63, 3.8) is 0 Å². The van der Waals surface area contributed by atoms with Gasteiger partial charge in [-0.25, -0.2) is 19.2 Å². The van der Waals surface area contributed by atoms with Crippen molar-refractivity contribution >= 4 is 67.0 Å². The summed E-state index contributed by atoms with van der Waals surface area (Å²) in [5.74, 6) is -6.72. The number of fused-ring (bicyclic) bond motifs is 2. The summed E-state index contributed by atoms with van der Waals surface area (Å²) in [6.45, 7) is 24.8. The Morgan fingerprint density at radius 3 is 1.05 bits per heavy atom. The van der Waals surface area contributed by atoms with E-state index in [-0.39, 0.29) is 77.3 Å². The Bertz CT molecular complexity index is 3800. The Morgan fingerprint density at radius 1 is 0.329 bits per heavy atom. The number of carbonyl (C=O) groups is 4. The summed E-state index contributed by atoms with van der Waals surface area (Å²) in [4.78, 5) is 55.7. The number of rotatable bonds is 12. The maximum Gasteiger partial charge on any atom is 0.340 e. The maximum atomic E-state index is 14.3. The topological polar surface area (TPSA) is 186 Å². The number of ether oxygens (including phenoxy) is 4. The number of hydrogen-bond acceptors (Lipinski definition) is 8. The van der Waals surface area contributed by atoms with Crippen LogP contribution in [0.1, 0.15) is 147 Å². The zero-order chi connectivity index (χ0) is 55.1. The van der Waals surface area contributed by atoms with Crippen molar-refractivity contribution < 1.29 is 58.6 Å². The van der Waals surface area contributed by atoms with Crippen LogP contribution in [0, 0.1) is 0 Å². The van der Waals surface area contributed by atoms with Gasteiger partial charge in [0.05, 0.1) is 16.7 Å². The molecule has 9 aromatic carbocycles. The summed E-state index contributed by atoms with van der Waals surface area (Å²) in [7, 11) is 0. The van der Waals surface area contributed by atoms with Crippen molar-refractivity contribution in [1.29, 1.82) is 0 Å². The van der Waals surface area contributed by atoms with E-state index in [2.05, 4.69) is 41.5 Å². The molecule has 9 rings (SSSR count). The van der Waals surface area contributed by atoms with E-state index in [4.69, 9.17) is 18.9 Å². The van der Waals surface area contributed by atoms with Gasteiger partial charge < -0.3 is 39.4 Å². The summed E-state index contributed by atoms with van der Waals surface area (Å²) in [6, 6.07) is 35.9. The molecule has 0 saturated heterocycles. The van der Waals surface area contributed by atoms with Gasteiger partial charge in [0.1, 0.15) is 28.6 Å². The number of benzene rings is 9. The molecule has 76 heavy (non-hydrogen) atoms. The van der Waals surface area contributed by atoms with Gasteiger partial charge in [-0.3, -0.25) is 0 Å². The Morgan fingerprint density at radius 2 is 0.671 bits per heavy atom. The molecule has 0 amide bonds. The Labute approximate surface area is 440 Å². The second kappa shape index (κ2) is 18.6. The van der Waals surface area contributed by atoms with E-state index in [1.54, 1.807) is 60.7 Å². The smallest absolute Gasteiger partial charge is 0.340 e. The SMILES string of the molecule is CC(C)(C)c1ccc(Oc2cc3cccc4c5c(C(=O)O)c(C(=O)O)c(C(=O)O)c6c(C(=O)O)c(Oc7ccc(C(C)(C)C)cc7)c(Oc7ccc(C(C)(C)C)cc7)c(c(c2Oc2ccc(C(C)(C)C)cc2)c34)c65)cc1. The molecule has 0 aliphatic carbocycles. The molecule has 0 radical (unpaired) electrons. The highest BCUT2D eigenvalue weighted by molar-refractivity contribution is 6.43. The molecule has 0 saturated carbocycles. The fraction of sp³-hybridized carbons (Fsp3) is 0.250. The quantitative estimate of drug-likeness (QED) is 0.0671.